The van der Waals surface area contributed by atoms with Gasteiger partial charge in [0.2, 0.25) is 0 Å². The maximum absolute atomic E-state index is 6.28. The molecule has 0 fully saturated rings. The summed E-state index contributed by atoms with van der Waals surface area (Å²) in [6.07, 6.45) is 1.22. The van der Waals surface area contributed by atoms with Crippen LogP contribution < -0.4 is 21.1 Å². The van der Waals surface area contributed by atoms with Gasteiger partial charge in [-0.05, 0) is 54.1 Å². The third-order valence-electron chi connectivity index (χ3n) is 4.32. The first-order valence-electron chi connectivity index (χ1n) is 8.79. The molecule has 1 atom stereocenters. The van der Waals surface area contributed by atoms with E-state index in [2.05, 4.69) is 4.99 Å². The molecule has 0 aliphatic carbocycles. The summed E-state index contributed by atoms with van der Waals surface area (Å²) in [5.74, 6) is 1.84. The highest BCUT2D eigenvalue weighted by atomic mass is 35.5. The molecule has 1 aliphatic rings. The van der Waals surface area contributed by atoms with E-state index >= 15 is 0 Å². The zero-order valence-corrected chi connectivity index (χ0v) is 15.8. The summed E-state index contributed by atoms with van der Waals surface area (Å²) in [6.45, 7) is 0. The normalized spacial score (nSPS) is 16.4. The van der Waals surface area contributed by atoms with Crippen molar-refractivity contribution >= 4 is 28.8 Å². The van der Waals surface area contributed by atoms with Crippen LogP contribution in [-0.2, 0) is 0 Å². The predicted octanol–water partition coefficient (Wildman–Crippen LogP) is 4.59. The van der Waals surface area contributed by atoms with E-state index in [0.717, 1.165) is 16.9 Å². The van der Waals surface area contributed by atoms with E-state index in [1.807, 2.05) is 77.7 Å². The van der Waals surface area contributed by atoms with Gasteiger partial charge in [-0.15, -0.1) is 0 Å². The van der Waals surface area contributed by atoms with E-state index in [0.29, 0.717) is 22.4 Å². The Kier molecular flexibility index (Phi) is 5.02. The molecular formula is C22H19ClN4O. The third-order valence-corrected chi connectivity index (χ3v) is 4.58. The van der Waals surface area contributed by atoms with Crippen LogP contribution in [-0.4, -0.2) is 12.1 Å². The molecule has 0 saturated heterocycles. The van der Waals surface area contributed by atoms with Crippen LogP contribution in [0, 0.1) is 0 Å². The number of ether oxygens (including phenoxy) is 1. The maximum Gasteiger partial charge on any atom is 0.180 e. The topological polar surface area (TPSA) is 76.9 Å². The van der Waals surface area contributed by atoms with Gasteiger partial charge in [0.1, 0.15) is 17.3 Å². The minimum absolute atomic E-state index is 0.408. The molecule has 1 aliphatic heterocycles. The summed E-state index contributed by atoms with van der Waals surface area (Å²) in [5, 5.41) is 0.668. The average molecular weight is 391 g/mol. The first kappa shape index (κ1) is 18.1. The van der Waals surface area contributed by atoms with E-state index in [-0.39, 0.29) is 0 Å². The standard InChI is InChI=1S/C22H19ClN4O/c23-16-6-10-18(11-7-16)28-19-12-8-17(9-13-19)27-20(14-21(24)26-22(27)25)15-4-2-1-3-5-15/h1-14,22H,25H2,(H2,24,26). The SMILES string of the molecule is NC1=NC(N)N(c2ccc(Oc3ccc(Cl)cc3)cc2)C(c2ccccc2)=C1. The van der Waals surface area contributed by atoms with Gasteiger partial charge in [-0.1, -0.05) is 41.9 Å². The van der Waals surface area contributed by atoms with Crippen LogP contribution >= 0.6 is 11.6 Å². The number of halogens is 1. The van der Waals surface area contributed by atoms with Gasteiger partial charge in [-0.2, -0.15) is 0 Å². The molecule has 5 nitrogen and oxygen atoms in total. The number of hydrogen-bond acceptors (Lipinski definition) is 5. The zero-order chi connectivity index (χ0) is 19.5. The quantitative estimate of drug-likeness (QED) is 0.682. The number of aliphatic imine (C=N–C) groups is 1. The number of amidine groups is 1. The number of hydrogen-bond donors (Lipinski definition) is 2. The molecule has 4 N–H and O–H groups in total. The fraction of sp³-hybridized carbons (Fsp3) is 0.0455. The number of rotatable bonds is 4. The van der Waals surface area contributed by atoms with Gasteiger partial charge in [-0.3, -0.25) is 5.73 Å². The second-order valence-corrected chi connectivity index (χ2v) is 6.72. The van der Waals surface area contributed by atoms with Crippen molar-refractivity contribution in [1.29, 1.82) is 0 Å². The summed E-state index contributed by atoms with van der Waals surface area (Å²) >= 11 is 5.91. The van der Waals surface area contributed by atoms with Gasteiger partial charge < -0.3 is 15.4 Å². The Morgan fingerprint density at radius 3 is 2.11 bits per heavy atom. The first-order chi connectivity index (χ1) is 13.6. The molecule has 0 radical (unpaired) electrons. The monoisotopic (exact) mass is 390 g/mol. The van der Waals surface area contributed by atoms with E-state index in [4.69, 9.17) is 27.8 Å². The van der Waals surface area contributed by atoms with Gasteiger partial charge in [0.25, 0.3) is 0 Å². The fourth-order valence-electron chi connectivity index (χ4n) is 3.04. The van der Waals surface area contributed by atoms with Gasteiger partial charge in [0.15, 0.2) is 6.29 Å². The smallest absolute Gasteiger partial charge is 0.180 e. The minimum Gasteiger partial charge on any atom is -0.457 e. The number of anilines is 1. The molecular weight excluding hydrogens is 372 g/mol. The van der Waals surface area contributed by atoms with Crippen LogP contribution in [0.3, 0.4) is 0 Å². The Balaban J connectivity index is 1.61. The molecule has 0 amide bonds. The van der Waals surface area contributed by atoms with Crippen molar-refractivity contribution in [3.63, 3.8) is 0 Å². The molecule has 6 heteroatoms. The molecule has 3 aromatic rings. The van der Waals surface area contributed by atoms with Crippen LogP contribution in [0.2, 0.25) is 5.02 Å². The van der Waals surface area contributed by atoms with Crippen molar-refractivity contribution in [3.05, 3.63) is 95.5 Å². The summed E-state index contributed by atoms with van der Waals surface area (Å²) in [6, 6.07) is 24.8. The average Bonchev–Trinajstić information content (AvgIpc) is 2.71. The molecule has 28 heavy (non-hydrogen) atoms. The molecule has 1 heterocycles. The van der Waals surface area contributed by atoms with Crippen LogP contribution in [0.15, 0.2) is 89.9 Å². The van der Waals surface area contributed by atoms with E-state index < -0.39 is 6.29 Å². The molecule has 140 valence electrons. The lowest BCUT2D eigenvalue weighted by Gasteiger charge is -2.33. The fourth-order valence-corrected chi connectivity index (χ4v) is 3.16. The molecule has 1 unspecified atom stereocenters. The van der Waals surface area contributed by atoms with E-state index in [1.54, 1.807) is 12.1 Å². The second-order valence-electron chi connectivity index (χ2n) is 6.28. The summed E-state index contributed by atoms with van der Waals surface area (Å²) in [7, 11) is 0. The van der Waals surface area contributed by atoms with Gasteiger partial charge in [-0.25, -0.2) is 4.99 Å². The Morgan fingerprint density at radius 2 is 1.46 bits per heavy atom. The molecule has 4 rings (SSSR count). The zero-order valence-electron chi connectivity index (χ0n) is 15.0. The highest BCUT2D eigenvalue weighted by Gasteiger charge is 2.24. The summed E-state index contributed by atoms with van der Waals surface area (Å²) in [4.78, 5) is 6.23. The third kappa shape index (κ3) is 3.86. The molecule has 0 aromatic heterocycles. The van der Waals surface area contributed by atoms with Gasteiger partial charge in [0.05, 0.1) is 5.70 Å². The molecule has 0 bridgehead atoms. The molecule has 3 aromatic carbocycles. The minimum atomic E-state index is -0.608. The molecule has 0 saturated carbocycles. The summed E-state index contributed by atoms with van der Waals surface area (Å²) in [5.41, 5.74) is 15.0. The van der Waals surface area contributed by atoms with Gasteiger partial charge in [0, 0.05) is 16.8 Å². The largest absolute Gasteiger partial charge is 0.457 e. The Labute approximate surface area is 168 Å². The first-order valence-corrected chi connectivity index (χ1v) is 9.17. The highest BCUT2D eigenvalue weighted by molar-refractivity contribution is 6.30. The van der Waals surface area contributed by atoms with E-state index in [9.17, 15) is 0 Å². The van der Waals surface area contributed by atoms with Crippen LogP contribution in [0.5, 0.6) is 11.5 Å². The Bertz CT molecular complexity index is 1010. The number of nitrogens with two attached hydrogens (primary N) is 2. The van der Waals surface area contributed by atoms with Crippen molar-refractivity contribution in [2.75, 3.05) is 4.90 Å². The highest BCUT2D eigenvalue weighted by Crippen LogP contribution is 2.32. The lowest BCUT2D eigenvalue weighted by atomic mass is 10.1. The van der Waals surface area contributed by atoms with E-state index in [1.165, 1.54) is 0 Å². The number of benzene rings is 3. The number of nitrogens with zero attached hydrogens (tertiary/aromatic N) is 2. The second kappa shape index (κ2) is 7.76. The van der Waals surface area contributed by atoms with Gasteiger partial charge >= 0.3 is 0 Å². The van der Waals surface area contributed by atoms with Crippen molar-refractivity contribution in [1.82, 2.24) is 0 Å². The van der Waals surface area contributed by atoms with Crippen molar-refractivity contribution < 1.29 is 4.74 Å². The van der Waals surface area contributed by atoms with Crippen LogP contribution in [0.25, 0.3) is 5.70 Å². The lowest BCUT2D eigenvalue weighted by Crippen LogP contribution is -2.43. The van der Waals surface area contributed by atoms with Crippen molar-refractivity contribution in [2.45, 2.75) is 6.29 Å². The Morgan fingerprint density at radius 1 is 0.857 bits per heavy atom. The maximum atomic E-state index is 6.28. The Hall–Kier alpha value is -3.28. The molecule has 0 spiro atoms. The van der Waals surface area contributed by atoms with Crippen molar-refractivity contribution in [3.8, 4) is 11.5 Å². The van der Waals surface area contributed by atoms with Crippen LogP contribution in [0.1, 0.15) is 5.56 Å². The lowest BCUT2D eigenvalue weighted by molar-refractivity contribution is 0.482. The van der Waals surface area contributed by atoms with Crippen LogP contribution in [0.4, 0.5) is 5.69 Å². The predicted molar refractivity (Wildman–Crippen MR) is 114 cm³/mol. The summed E-state index contributed by atoms with van der Waals surface area (Å²) < 4.78 is 5.86. The van der Waals surface area contributed by atoms with Crippen molar-refractivity contribution in [2.24, 2.45) is 16.5 Å².